The van der Waals surface area contributed by atoms with Crippen LogP contribution in [0.3, 0.4) is 0 Å². The molecule has 3 aromatic rings. The summed E-state index contributed by atoms with van der Waals surface area (Å²) < 4.78 is 18.6. The Labute approximate surface area is 169 Å². The van der Waals surface area contributed by atoms with Crippen LogP contribution in [0.4, 0.5) is 10.1 Å². The van der Waals surface area contributed by atoms with Gasteiger partial charge in [-0.25, -0.2) is 9.07 Å². The van der Waals surface area contributed by atoms with Crippen molar-refractivity contribution < 1.29 is 4.39 Å². The first-order chi connectivity index (χ1) is 13.5. The molecule has 5 nitrogen and oxygen atoms in total. The fourth-order valence-electron chi connectivity index (χ4n) is 3.73. The van der Waals surface area contributed by atoms with Crippen molar-refractivity contribution >= 4 is 17.9 Å². The Morgan fingerprint density at radius 2 is 1.57 bits per heavy atom. The minimum atomic E-state index is -0.161. The molecule has 7 heteroatoms. The van der Waals surface area contributed by atoms with Gasteiger partial charge in [0, 0.05) is 26.2 Å². The summed E-state index contributed by atoms with van der Waals surface area (Å²) in [6.07, 6.45) is 0. The van der Waals surface area contributed by atoms with Crippen molar-refractivity contribution in [1.29, 1.82) is 0 Å². The third kappa shape index (κ3) is 3.59. The van der Waals surface area contributed by atoms with E-state index in [1.807, 2.05) is 40.4 Å². The Bertz CT molecular complexity index is 1030. The summed E-state index contributed by atoms with van der Waals surface area (Å²) in [6, 6.07) is 15.2. The van der Waals surface area contributed by atoms with Gasteiger partial charge in [0.1, 0.15) is 11.6 Å². The quantitative estimate of drug-likeness (QED) is 0.624. The molecule has 0 saturated carbocycles. The molecule has 1 fully saturated rings. The first kappa shape index (κ1) is 18.8. The van der Waals surface area contributed by atoms with E-state index in [0.717, 1.165) is 37.7 Å². The SMILES string of the molecule is Cc1ccccc1-n1c(C)nn(CN2CCN(c3ccccc3F)CC2)c1=S. The molecule has 146 valence electrons. The van der Waals surface area contributed by atoms with Crippen molar-refractivity contribution in [2.24, 2.45) is 0 Å². The summed E-state index contributed by atoms with van der Waals surface area (Å²) in [5.74, 6) is 0.718. The third-order valence-electron chi connectivity index (χ3n) is 5.26. The minimum absolute atomic E-state index is 0.161. The van der Waals surface area contributed by atoms with Crippen LogP contribution in [0.5, 0.6) is 0 Å². The Balaban J connectivity index is 1.48. The molecule has 4 rings (SSSR count). The molecule has 0 atom stereocenters. The van der Waals surface area contributed by atoms with E-state index in [0.29, 0.717) is 17.1 Å². The van der Waals surface area contributed by atoms with Crippen LogP contribution in [0, 0.1) is 24.4 Å². The summed E-state index contributed by atoms with van der Waals surface area (Å²) >= 11 is 5.72. The maximum atomic E-state index is 14.0. The van der Waals surface area contributed by atoms with Gasteiger partial charge in [-0.1, -0.05) is 30.3 Å². The van der Waals surface area contributed by atoms with Gasteiger partial charge in [-0.3, -0.25) is 9.47 Å². The Morgan fingerprint density at radius 1 is 0.929 bits per heavy atom. The van der Waals surface area contributed by atoms with Crippen molar-refractivity contribution in [2.45, 2.75) is 20.5 Å². The number of anilines is 1. The number of halogens is 1. The molecule has 1 aliphatic rings. The summed E-state index contributed by atoms with van der Waals surface area (Å²) in [6.45, 7) is 7.95. The number of benzene rings is 2. The second-order valence-electron chi connectivity index (χ2n) is 7.15. The number of hydrogen-bond acceptors (Lipinski definition) is 4. The molecule has 0 aliphatic carbocycles. The van der Waals surface area contributed by atoms with E-state index in [-0.39, 0.29) is 5.82 Å². The van der Waals surface area contributed by atoms with Crippen LogP contribution in [0.1, 0.15) is 11.4 Å². The van der Waals surface area contributed by atoms with Crippen molar-refractivity contribution in [3.63, 3.8) is 0 Å². The fourth-order valence-corrected chi connectivity index (χ4v) is 4.06. The molecule has 0 spiro atoms. The maximum absolute atomic E-state index is 14.0. The molecular weight excluding hydrogens is 373 g/mol. The highest BCUT2D eigenvalue weighted by atomic mass is 32.1. The fraction of sp³-hybridized carbons (Fsp3) is 0.333. The van der Waals surface area contributed by atoms with E-state index in [4.69, 9.17) is 12.2 Å². The van der Waals surface area contributed by atoms with Crippen LogP contribution in [0.15, 0.2) is 48.5 Å². The van der Waals surface area contributed by atoms with Gasteiger partial charge in [0.25, 0.3) is 0 Å². The van der Waals surface area contributed by atoms with Gasteiger partial charge in [-0.05, 0) is 49.8 Å². The molecule has 0 radical (unpaired) electrons. The molecule has 28 heavy (non-hydrogen) atoms. The standard InChI is InChI=1S/C21H24FN5S/c1-16-7-3-5-9-19(16)27-17(2)23-26(21(27)28)15-24-11-13-25(14-12-24)20-10-6-4-8-18(20)22/h3-10H,11-15H2,1-2H3. The van der Waals surface area contributed by atoms with Crippen molar-refractivity contribution in [1.82, 2.24) is 19.2 Å². The largest absolute Gasteiger partial charge is 0.367 e. The van der Waals surface area contributed by atoms with Gasteiger partial charge in [0.15, 0.2) is 0 Å². The lowest BCUT2D eigenvalue weighted by atomic mass is 10.2. The smallest absolute Gasteiger partial charge is 0.203 e. The van der Waals surface area contributed by atoms with Gasteiger partial charge in [-0.2, -0.15) is 5.10 Å². The number of aromatic nitrogens is 3. The van der Waals surface area contributed by atoms with Crippen LogP contribution in [-0.4, -0.2) is 45.4 Å². The topological polar surface area (TPSA) is 29.2 Å². The molecule has 0 N–H and O–H groups in total. The third-order valence-corrected chi connectivity index (χ3v) is 5.65. The summed E-state index contributed by atoms with van der Waals surface area (Å²) in [4.78, 5) is 4.41. The highest BCUT2D eigenvalue weighted by molar-refractivity contribution is 7.71. The lowest BCUT2D eigenvalue weighted by molar-refractivity contribution is 0.193. The summed E-state index contributed by atoms with van der Waals surface area (Å²) in [5.41, 5.74) is 2.92. The van der Waals surface area contributed by atoms with Gasteiger partial charge >= 0.3 is 0 Å². The van der Waals surface area contributed by atoms with Gasteiger partial charge in [0.2, 0.25) is 4.77 Å². The molecule has 1 aliphatic heterocycles. The second-order valence-corrected chi connectivity index (χ2v) is 7.51. The van der Waals surface area contributed by atoms with E-state index in [1.54, 1.807) is 6.07 Å². The summed E-state index contributed by atoms with van der Waals surface area (Å²) in [5, 5.41) is 4.67. The highest BCUT2D eigenvalue weighted by Gasteiger charge is 2.20. The summed E-state index contributed by atoms with van der Waals surface area (Å²) in [7, 11) is 0. The molecular formula is C21H24FN5S. The first-order valence-corrected chi connectivity index (χ1v) is 9.90. The van der Waals surface area contributed by atoms with Crippen LogP contribution >= 0.6 is 12.2 Å². The number of aryl methyl sites for hydroxylation is 2. The first-order valence-electron chi connectivity index (χ1n) is 9.49. The van der Waals surface area contributed by atoms with Crippen molar-refractivity contribution in [2.75, 3.05) is 31.1 Å². The average Bonchev–Trinajstić information content (AvgIpc) is 2.97. The lowest BCUT2D eigenvalue weighted by Crippen LogP contribution is -2.47. The van der Waals surface area contributed by atoms with Crippen molar-refractivity contribution in [3.8, 4) is 5.69 Å². The Hall–Kier alpha value is -2.51. The van der Waals surface area contributed by atoms with Crippen molar-refractivity contribution in [3.05, 3.63) is 70.5 Å². The number of piperazine rings is 1. The van der Waals surface area contributed by atoms with Crippen LogP contribution < -0.4 is 4.90 Å². The molecule has 2 aromatic carbocycles. The predicted molar refractivity (Wildman–Crippen MR) is 112 cm³/mol. The molecule has 1 aromatic heterocycles. The average molecular weight is 398 g/mol. The second kappa shape index (κ2) is 7.85. The zero-order valence-corrected chi connectivity index (χ0v) is 17.0. The van der Waals surface area contributed by atoms with E-state index < -0.39 is 0 Å². The van der Waals surface area contributed by atoms with Gasteiger partial charge < -0.3 is 4.90 Å². The minimum Gasteiger partial charge on any atom is -0.367 e. The molecule has 0 bridgehead atoms. The van der Waals surface area contributed by atoms with E-state index in [1.165, 1.54) is 11.6 Å². The molecule has 1 saturated heterocycles. The van der Waals surface area contributed by atoms with Gasteiger partial charge in [-0.15, -0.1) is 0 Å². The number of para-hydroxylation sites is 2. The predicted octanol–water partition coefficient (Wildman–Crippen LogP) is 3.94. The molecule has 0 amide bonds. The number of rotatable bonds is 4. The van der Waals surface area contributed by atoms with E-state index in [9.17, 15) is 4.39 Å². The molecule has 0 unspecified atom stereocenters. The van der Waals surface area contributed by atoms with Crippen LogP contribution in [0.25, 0.3) is 5.69 Å². The maximum Gasteiger partial charge on any atom is 0.203 e. The molecule has 2 heterocycles. The monoisotopic (exact) mass is 397 g/mol. The van der Waals surface area contributed by atoms with Crippen LogP contribution in [-0.2, 0) is 6.67 Å². The zero-order valence-electron chi connectivity index (χ0n) is 16.2. The number of hydrogen-bond donors (Lipinski definition) is 0. The Morgan fingerprint density at radius 3 is 2.25 bits per heavy atom. The highest BCUT2D eigenvalue weighted by Crippen LogP contribution is 2.21. The lowest BCUT2D eigenvalue weighted by Gasteiger charge is -2.35. The zero-order chi connectivity index (χ0) is 19.7. The van der Waals surface area contributed by atoms with E-state index >= 15 is 0 Å². The van der Waals surface area contributed by atoms with Crippen LogP contribution in [0.2, 0.25) is 0 Å². The van der Waals surface area contributed by atoms with Gasteiger partial charge in [0.05, 0.1) is 18.0 Å². The van der Waals surface area contributed by atoms with E-state index in [2.05, 4.69) is 34.0 Å². The Kier molecular flexibility index (Phi) is 5.28. The number of nitrogens with zero attached hydrogens (tertiary/aromatic N) is 5. The normalized spacial score (nSPS) is 15.2.